The SMILES string of the molecule is C[C@]1(NC(=O)c2noc3c2CCCCC3)CCS(=O)(=O)C1. The van der Waals surface area contributed by atoms with Crippen LogP contribution < -0.4 is 5.32 Å². The molecule has 1 aromatic heterocycles. The lowest BCUT2D eigenvalue weighted by molar-refractivity contribution is 0.0905. The van der Waals surface area contributed by atoms with Crippen LogP contribution in [0, 0.1) is 0 Å². The average molecular weight is 312 g/mol. The average Bonchev–Trinajstić information content (AvgIpc) is 2.81. The predicted octanol–water partition coefficient (Wildman–Crippen LogP) is 1.25. The molecule has 116 valence electrons. The molecule has 1 aromatic rings. The quantitative estimate of drug-likeness (QED) is 0.830. The number of nitrogens with zero attached hydrogens (tertiary/aromatic N) is 1. The van der Waals surface area contributed by atoms with Crippen molar-refractivity contribution in [1.82, 2.24) is 10.5 Å². The number of nitrogens with one attached hydrogen (secondary N) is 1. The molecule has 2 aliphatic rings. The van der Waals surface area contributed by atoms with E-state index in [1.54, 1.807) is 6.92 Å². The van der Waals surface area contributed by atoms with Crippen LogP contribution in [0.1, 0.15) is 54.4 Å². The molecule has 7 heteroatoms. The molecule has 1 aliphatic heterocycles. The van der Waals surface area contributed by atoms with E-state index in [9.17, 15) is 13.2 Å². The highest BCUT2D eigenvalue weighted by atomic mass is 32.2. The molecule has 2 heterocycles. The molecular weight excluding hydrogens is 292 g/mol. The van der Waals surface area contributed by atoms with E-state index in [4.69, 9.17) is 4.52 Å². The molecule has 0 unspecified atom stereocenters. The Bertz CT molecular complexity index is 665. The molecule has 21 heavy (non-hydrogen) atoms. The number of rotatable bonds is 2. The first-order valence-corrected chi connectivity index (χ1v) is 9.21. The van der Waals surface area contributed by atoms with Crippen molar-refractivity contribution in [1.29, 1.82) is 0 Å². The summed E-state index contributed by atoms with van der Waals surface area (Å²) in [5, 5.41) is 6.76. The third kappa shape index (κ3) is 2.97. The van der Waals surface area contributed by atoms with Gasteiger partial charge < -0.3 is 9.84 Å². The first-order chi connectivity index (χ1) is 9.89. The van der Waals surface area contributed by atoms with Crippen LogP contribution in [0.25, 0.3) is 0 Å². The Hall–Kier alpha value is -1.37. The highest BCUT2D eigenvalue weighted by Crippen LogP contribution is 2.26. The summed E-state index contributed by atoms with van der Waals surface area (Å²) < 4.78 is 28.5. The van der Waals surface area contributed by atoms with E-state index in [-0.39, 0.29) is 17.4 Å². The van der Waals surface area contributed by atoms with Crippen molar-refractivity contribution in [3.8, 4) is 0 Å². The molecule has 0 aromatic carbocycles. The fourth-order valence-corrected chi connectivity index (χ4v) is 5.28. The molecule has 1 fully saturated rings. The lowest BCUT2D eigenvalue weighted by Gasteiger charge is -2.23. The van der Waals surface area contributed by atoms with Crippen LogP contribution in [0.5, 0.6) is 0 Å². The van der Waals surface area contributed by atoms with Gasteiger partial charge in [-0.3, -0.25) is 4.79 Å². The Balaban J connectivity index is 1.79. The number of aromatic nitrogens is 1. The number of hydrogen-bond donors (Lipinski definition) is 1. The van der Waals surface area contributed by atoms with Gasteiger partial charge in [0.1, 0.15) is 5.76 Å². The van der Waals surface area contributed by atoms with E-state index in [0.717, 1.165) is 43.4 Å². The second-order valence-corrected chi connectivity index (χ2v) is 8.53. The summed E-state index contributed by atoms with van der Waals surface area (Å²) in [6, 6.07) is 0. The maximum Gasteiger partial charge on any atom is 0.274 e. The summed E-state index contributed by atoms with van der Waals surface area (Å²) in [6.45, 7) is 1.77. The Morgan fingerprint density at radius 1 is 1.29 bits per heavy atom. The number of carbonyl (C=O) groups excluding carboxylic acids is 1. The lowest BCUT2D eigenvalue weighted by atomic mass is 10.0. The van der Waals surface area contributed by atoms with Crippen LogP contribution in [0.15, 0.2) is 4.52 Å². The number of hydrogen-bond acceptors (Lipinski definition) is 5. The summed E-state index contributed by atoms with van der Waals surface area (Å²) in [4.78, 5) is 12.4. The number of sulfone groups is 1. The summed E-state index contributed by atoms with van der Waals surface area (Å²) in [5.74, 6) is 0.607. The van der Waals surface area contributed by atoms with Gasteiger partial charge in [0, 0.05) is 12.0 Å². The number of amides is 1. The molecule has 3 rings (SSSR count). The molecular formula is C14H20N2O4S. The van der Waals surface area contributed by atoms with Crippen LogP contribution in [-0.2, 0) is 22.7 Å². The summed E-state index contributed by atoms with van der Waals surface area (Å²) in [5.41, 5.74) is 0.527. The van der Waals surface area contributed by atoms with Gasteiger partial charge in [-0.05, 0) is 32.6 Å². The maximum atomic E-state index is 12.4. The van der Waals surface area contributed by atoms with Gasteiger partial charge >= 0.3 is 0 Å². The van der Waals surface area contributed by atoms with E-state index in [0.29, 0.717) is 12.1 Å². The van der Waals surface area contributed by atoms with Crippen LogP contribution in [0.2, 0.25) is 0 Å². The normalized spacial score (nSPS) is 27.9. The zero-order valence-corrected chi connectivity index (χ0v) is 13.0. The minimum Gasteiger partial charge on any atom is -0.360 e. The van der Waals surface area contributed by atoms with Crippen molar-refractivity contribution in [2.45, 2.75) is 51.0 Å². The summed E-state index contributed by atoms with van der Waals surface area (Å²) in [7, 11) is -3.05. The minimum atomic E-state index is -3.05. The maximum absolute atomic E-state index is 12.4. The van der Waals surface area contributed by atoms with Crippen molar-refractivity contribution >= 4 is 15.7 Å². The number of aryl methyl sites for hydroxylation is 1. The second-order valence-electron chi connectivity index (χ2n) is 6.35. The minimum absolute atomic E-state index is 0.00815. The number of fused-ring (bicyclic) bond motifs is 1. The molecule has 0 spiro atoms. The van der Waals surface area contributed by atoms with Gasteiger partial charge in [-0.25, -0.2) is 8.42 Å². The van der Waals surface area contributed by atoms with Crippen LogP contribution >= 0.6 is 0 Å². The van der Waals surface area contributed by atoms with Crippen molar-refractivity contribution in [2.24, 2.45) is 0 Å². The predicted molar refractivity (Wildman–Crippen MR) is 76.9 cm³/mol. The van der Waals surface area contributed by atoms with Gasteiger partial charge in [-0.1, -0.05) is 11.6 Å². The Kier molecular flexibility index (Phi) is 3.55. The third-order valence-corrected chi connectivity index (χ3v) is 6.24. The first kappa shape index (κ1) is 14.6. The van der Waals surface area contributed by atoms with E-state index < -0.39 is 15.4 Å². The molecule has 6 nitrogen and oxygen atoms in total. The second kappa shape index (κ2) is 5.12. The van der Waals surface area contributed by atoms with E-state index in [1.165, 1.54) is 0 Å². The van der Waals surface area contributed by atoms with Gasteiger partial charge in [-0.15, -0.1) is 0 Å². The van der Waals surface area contributed by atoms with Crippen molar-refractivity contribution in [3.05, 3.63) is 17.0 Å². The monoisotopic (exact) mass is 312 g/mol. The lowest BCUT2D eigenvalue weighted by Crippen LogP contribution is -2.47. The van der Waals surface area contributed by atoms with E-state index in [1.807, 2.05) is 0 Å². The molecule has 1 aliphatic carbocycles. The molecule has 0 radical (unpaired) electrons. The van der Waals surface area contributed by atoms with Crippen molar-refractivity contribution in [2.75, 3.05) is 11.5 Å². The zero-order chi connectivity index (χ0) is 15.1. The van der Waals surface area contributed by atoms with Crippen LogP contribution in [0.4, 0.5) is 0 Å². The molecule has 1 N–H and O–H groups in total. The van der Waals surface area contributed by atoms with Crippen molar-refractivity contribution < 1.29 is 17.7 Å². The van der Waals surface area contributed by atoms with Crippen molar-refractivity contribution in [3.63, 3.8) is 0 Å². The zero-order valence-electron chi connectivity index (χ0n) is 12.1. The summed E-state index contributed by atoms with van der Waals surface area (Å²) in [6.07, 6.45) is 5.28. The molecule has 1 amide bonds. The highest BCUT2D eigenvalue weighted by Gasteiger charge is 2.40. The van der Waals surface area contributed by atoms with Gasteiger partial charge in [0.2, 0.25) is 0 Å². The third-order valence-electron chi connectivity index (χ3n) is 4.33. The van der Waals surface area contributed by atoms with Gasteiger partial charge in [0.15, 0.2) is 15.5 Å². The van der Waals surface area contributed by atoms with Crippen LogP contribution in [0.3, 0.4) is 0 Å². The standard InChI is InChI=1S/C14H20N2O4S/c1-14(7-8-21(18,19)9-14)15-13(17)12-10-5-3-2-4-6-11(10)20-16-12/h2-9H2,1H3,(H,15,17)/t14-/m0/s1. The first-order valence-electron chi connectivity index (χ1n) is 7.39. The van der Waals surface area contributed by atoms with Gasteiger partial charge in [0.25, 0.3) is 5.91 Å². The molecule has 0 bridgehead atoms. The highest BCUT2D eigenvalue weighted by molar-refractivity contribution is 7.91. The summed E-state index contributed by atoms with van der Waals surface area (Å²) >= 11 is 0. The molecule has 0 saturated carbocycles. The topological polar surface area (TPSA) is 89.3 Å². The fraction of sp³-hybridized carbons (Fsp3) is 0.714. The molecule has 1 saturated heterocycles. The Morgan fingerprint density at radius 3 is 2.76 bits per heavy atom. The molecule has 1 atom stereocenters. The Morgan fingerprint density at radius 2 is 2.05 bits per heavy atom. The fourth-order valence-electron chi connectivity index (χ4n) is 3.18. The van der Waals surface area contributed by atoms with Gasteiger partial charge in [-0.2, -0.15) is 0 Å². The van der Waals surface area contributed by atoms with Gasteiger partial charge in [0.05, 0.1) is 17.0 Å². The van der Waals surface area contributed by atoms with Crippen LogP contribution in [-0.4, -0.2) is 36.5 Å². The smallest absolute Gasteiger partial charge is 0.274 e. The van der Waals surface area contributed by atoms with E-state index >= 15 is 0 Å². The van der Waals surface area contributed by atoms with E-state index in [2.05, 4.69) is 10.5 Å². The number of carbonyl (C=O) groups is 1. The largest absolute Gasteiger partial charge is 0.360 e. The Labute approximate surface area is 124 Å².